The molecule has 1 fully saturated rings. The van der Waals surface area contributed by atoms with Gasteiger partial charge in [0.1, 0.15) is 11.5 Å². The maximum Gasteiger partial charge on any atom is 0.248 e. The van der Waals surface area contributed by atoms with Gasteiger partial charge in [-0.3, -0.25) is 14.6 Å². The average molecular weight is 430 g/mol. The van der Waals surface area contributed by atoms with Crippen LogP contribution in [0.4, 0.5) is 0 Å². The highest BCUT2D eigenvalue weighted by Crippen LogP contribution is 2.38. The molecule has 162 valence electrons. The van der Waals surface area contributed by atoms with E-state index in [0.29, 0.717) is 30.8 Å². The average Bonchev–Trinajstić information content (AvgIpc) is 3.55. The van der Waals surface area contributed by atoms with E-state index in [-0.39, 0.29) is 24.0 Å². The van der Waals surface area contributed by atoms with Gasteiger partial charge in [0.05, 0.1) is 30.5 Å². The first-order chi connectivity index (χ1) is 15.6. The van der Waals surface area contributed by atoms with Crippen molar-refractivity contribution in [1.29, 1.82) is 0 Å². The molecule has 0 bridgehead atoms. The van der Waals surface area contributed by atoms with Crippen LogP contribution in [-0.2, 0) is 16.1 Å². The first-order valence-corrected chi connectivity index (χ1v) is 10.5. The largest absolute Gasteiger partial charge is 0.508 e. The molecular formula is C24H22N4O4. The summed E-state index contributed by atoms with van der Waals surface area (Å²) < 4.78 is 5.35. The quantitative estimate of drug-likeness (QED) is 0.671. The molecule has 1 saturated heterocycles. The minimum atomic E-state index is -0.511. The minimum Gasteiger partial charge on any atom is -0.508 e. The first-order valence-electron chi connectivity index (χ1n) is 10.5. The number of aromatic nitrogens is 1. The number of benzene rings is 1. The number of phenols is 1. The summed E-state index contributed by atoms with van der Waals surface area (Å²) in [4.78, 5) is 31.9. The normalized spacial score (nSPS) is 20.6. The highest BCUT2D eigenvalue weighted by Gasteiger charge is 2.42. The maximum absolute atomic E-state index is 13.5. The molecule has 2 atom stereocenters. The Bertz CT molecular complexity index is 1160. The van der Waals surface area contributed by atoms with Crippen molar-refractivity contribution in [1.82, 2.24) is 14.9 Å². The van der Waals surface area contributed by atoms with Gasteiger partial charge in [-0.1, -0.05) is 24.3 Å². The summed E-state index contributed by atoms with van der Waals surface area (Å²) in [6, 6.07) is 13.8. The van der Waals surface area contributed by atoms with Crippen molar-refractivity contribution < 1.29 is 19.1 Å². The number of phenolic OH excluding ortho intramolecular Hbond substituents is 1. The van der Waals surface area contributed by atoms with Crippen LogP contribution in [0.5, 0.6) is 5.75 Å². The summed E-state index contributed by atoms with van der Waals surface area (Å²) in [5.41, 5.74) is 2.17. The Balaban J connectivity index is 1.42. The number of pyridine rings is 1. The van der Waals surface area contributed by atoms with Crippen LogP contribution in [0.25, 0.3) is 0 Å². The van der Waals surface area contributed by atoms with Crippen LogP contribution in [0.2, 0.25) is 0 Å². The molecule has 2 unspecified atom stereocenters. The summed E-state index contributed by atoms with van der Waals surface area (Å²) in [5.74, 6) is -0.0405. The highest BCUT2D eigenvalue weighted by atomic mass is 16.3. The molecule has 0 spiro atoms. The molecule has 1 N–H and O–H groups in total. The van der Waals surface area contributed by atoms with E-state index in [0.717, 1.165) is 11.3 Å². The van der Waals surface area contributed by atoms with E-state index in [2.05, 4.69) is 10.1 Å². The van der Waals surface area contributed by atoms with E-state index in [1.165, 1.54) is 5.01 Å². The Morgan fingerprint density at radius 1 is 1.12 bits per heavy atom. The van der Waals surface area contributed by atoms with Gasteiger partial charge in [0.2, 0.25) is 11.8 Å². The van der Waals surface area contributed by atoms with Crippen LogP contribution >= 0.6 is 0 Å². The van der Waals surface area contributed by atoms with Gasteiger partial charge in [-0.15, -0.1) is 0 Å². The molecule has 2 aromatic heterocycles. The molecule has 0 radical (unpaired) electrons. The van der Waals surface area contributed by atoms with Crippen LogP contribution in [-0.4, -0.2) is 44.1 Å². The lowest BCUT2D eigenvalue weighted by molar-refractivity contribution is -0.137. The Hall–Kier alpha value is -3.94. The second-order valence-corrected chi connectivity index (χ2v) is 8.00. The van der Waals surface area contributed by atoms with Crippen molar-refractivity contribution in [2.75, 3.05) is 6.54 Å². The zero-order valence-corrected chi connectivity index (χ0v) is 17.3. The van der Waals surface area contributed by atoms with Gasteiger partial charge in [0.15, 0.2) is 0 Å². The van der Waals surface area contributed by atoms with E-state index >= 15 is 0 Å². The van der Waals surface area contributed by atoms with Gasteiger partial charge in [0.25, 0.3) is 0 Å². The van der Waals surface area contributed by atoms with Crippen molar-refractivity contribution in [3.63, 3.8) is 0 Å². The molecule has 4 heterocycles. The summed E-state index contributed by atoms with van der Waals surface area (Å²) >= 11 is 0. The molecule has 2 amide bonds. The Labute approximate surface area is 184 Å². The number of carbonyl (C=O) groups excluding carboxylic acids is 2. The van der Waals surface area contributed by atoms with Crippen LogP contribution in [0.3, 0.4) is 0 Å². The lowest BCUT2D eigenvalue weighted by Gasteiger charge is -2.25. The smallest absolute Gasteiger partial charge is 0.248 e. The van der Waals surface area contributed by atoms with Crippen LogP contribution in [0.1, 0.15) is 35.8 Å². The molecule has 32 heavy (non-hydrogen) atoms. The second kappa shape index (κ2) is 8.30. The van der Waals surface area contributed by atoms with Gasteiger partial charge in [0, 0.05) is 42.9 Å². The fraction of sp³-hybridized carbons (Fsp3) is 0.250. The molecule has 8 heteroatoms. The van der Waals surface area contributed by atoms with Crippen LogP contribution in [0.15, 0.2) is 76.7 Å². The van der Waals surface area contributed by atoms with Gasteiger partial charge >= 0.3 is 0 Å². The van der Waals surface area contributed by atoms with Gasteiger partial charge in [-0.05, 0) is 24.3 Å². The number of carbonyl (C=O) groups is 2. The zero-order chi connectivity index (χ0) is 22.1. The minimum absolute atomic E-state index is 0.0884. The topological polar surface area (TPSA) is 99.2 Å². The summed E-state index contributed by atoms with van der Waals surface area (Å²) in [6.45, 7) is 0.642. The Morgan fingerprint density at radius 3 is 2.75 bits per heavy atom. The predicted molar refractivity (Wildman–Crippen MR) is 115 cm³/mol. The van der Waals surface area contributed by atoms with Crippen LogP contribution in [0, 0.1) is 5.92 Å². The van der Waals surface area contributed by atoms with Crippen molar-refractivity contribution in [2.24, 2.45) is 11.0 Å². The molecule has 1 aromatic carbocycles. The fourth-order valence-corrected chi connectivity index (χ4v) is 4.30. The number of hydrogen-bond acceptors (Lipinski definition) is 6. The molecule has 3 aromatic rings. The van der Waals surface area contributed by atoms with Crippen molar-refractivity contribution >= 4 is 17.5 Å². The third-order valence-corrected chi connectivity index (χ3v) is 5.92. The molecule has 2 aliphatic heterocycles. The van der Waals surface area contributed by atoms with Crippen molar-refractivity contribution in [3.8, 4) is 5.75 Å². The number of nitrogens with zero attached hydrogens (tertiary/aromatic N) is 4. The number of furan rings is 1. The maximum atomic E-state index is 13.5. The first kappa shape index (κ1) is 20.0. The van der Waals surface area contributed by atoms with E-state index in [1.54, 1.807) is 47.8 Å². The molecule has 5 rings (SSSR count). The van der Waals surface area contributed by atoms with Gasteiger partial charge in [-0.25, -0.2) is 5.01 Å². The van der Waals surface area contributed by atoms with E-state index in [1.807, 2.05) is 24.3 Å². The third kappa shape index (κ3) is 3.75. The van der Waals surface area contributed by atoms with Gasteiger partial charge < -0.3 is 14.4 Å². The lowest BCUT2D eigenvalue weighted by Crippen LogP contribution is -2.34. The Morgan fingerprint density at radius 2 is 2.00 bits per heavy atom. The second-order valence-electron chi connectivity index (χ2n) is 8.00. The van der Waals surface area contributed by atoms with Crippen LogP contribution < -0.4 is 0 Å². The standard InChI is InChI=1S/C24H22N4O4/c29-22-8-2-1-7-19(22)21-12-20(16-5-3-9-25-13-16)26-28(21)24(31)17-11-23(30)27(14-17)15-18-6-4-10-32-18/h1-10,13,17,21,29H,11-12,14-15H2. The summed E-state index contributed by atoms with van der Waals surface area (Å²) in [6.07, 6.45) is 5.53. The third-order valence-electron chi connectivity index (χ3n) is 5.92. The fourth-order valence-electron chi connectivity index (χ4n) is 4.30. The lowest BCUT2D eigenvalue weighted by atomic mass is 9.97. The number of para-hydroxylation sites is 1. The number of amides is 2. The van der Waals surface area contributed by atoms with E-state index < -0.39 is 12.0 Å². The molecule has 0 saturated carbocycles. The van der Waals surface area contributed by atoms with Gasteiger partial charge in [-0.2, -0.15) is 5.10 Å². The highest BCUT2D eigenvalue weighted by molar-refractivity contribution is 6.03. The number of aromatic hydroxyl groups is 1. The molecule has 0 aliphatic carbocycles. The summed E-state index contributed by atoms with van der Waals surface area (Å²) in [7, 11) is 0. The molecule has 8 nitrogen and oxygen atoms in total. The summed E-state index contributed by atoms with van der Waals surface area (Å²) in [5, 5.41) is 16.5. The van der Waals surface area contributed by atoms with E-state index in [9.17, 15) is 14.7 Å². The van der Waals surface area contributed by atoms with Crippen molar-refractivity contribution in [3.05, 3.63) is 84.1 Å². The number of hydrogen-bond donors (Lipinski definition) is 1. The number of rotatable bonds is 5. The number of likely N-dealkylation sites (tertiary alicyclic amines) is 1. The molecular weight excluding hydrogens is 408 g/mol. The number of hydrazone groups is 1. The predicted octanol–water partition coefficient (Wildman–Crippen LogP) is 3.11. The van der Waals surface area contributed by atoms with Crippen molar-refractivity contribution in [2.45, 2.75) is 25.4 Å². The monoisotopic (exact) mass is 430 g/mol. The molecule has 2 aliphatic rings. The zero-order valence-electron chi connectivity index (χ0n) is 17.3. The SMILES string of the molecule is O=C1CC(C(=O)N2N=C(c3cccnc3)CC2c2ccccc2O)CN1Cc1ccco1. The van der Waals surface area contributed by atoms with E-state index in [4.69, 9.17) is 4.42 Å². The Kier molecular flexibility index (Phi) is 5.18.